The Labute approximate surface area is 186 Å². The molecule has 1 unspecified atom stereocenters. The van der Waals surface area contributed by atoms with Gasteiger partial charge in [-0.3, -0.25) is 9.36 Å². The lowest BCUT2D eigenvalue weighted by atomic mass is 10.1. The van der Waals surface area contributed by atoms with Crippen LogP contribution in [0.4, 0.5) is 5.69 Å². The number of aromatic nitrogens is 3. The normalized spacial score (nSPS) is 11.8. The quantitative estimate of drug-likeness (QED) is 0.402. The van der Waals surface area contributed by atoms with E-state index in [-0.39, 0.29) is 5.91 Å². The van der Waals surface area contributed by atoms with Crippen LogP contribution >= 0.6 is 11.8 Å². The van der Waals surface area contributed by atoms with E-state index in [9.17, 15) is 4.79 Å². The van der Waals surface area contributed by atoms with Crippen LogP contribution in [0.2, 0.25) is 0 Å². The zero-order valence-corrected chi connectivity index (χ0v) is 18.6. The molecule has 1 aromatic heterocycles. The van der Waals surface area contributed by atoms with Crippen molar-refractivity contribution < 1.29 is 4.79 Å². The predicted molar refractivity (Wildman–Crippen MR) is 126 cm³/mol. The third kappa shape index (κ3) is 4.86. The summed E-state index contributed by atoms with van der Waals surface area (Å²) >= 11 is 1.40. The van der Waals surface area contributed by atoms with Gasteiger partial charge in [0.2, 0.25) is 5.91 Å². The molecule has 0 bridgehead atoms. The second-order valence-corrected chi connectivity index (χ2v) is 8.54. The molecule has 0 aliphatic rings. The standard InChI is InChI=1S/C25H24N4OS/c1-17-9-13-21(14-10-17)26-24(30)23(20-7-5-4-6-8-20)31-25-28-27-19(3)29(25)22-15-11-18(2)12-16-22/h4-16,23H,1-3H3,(H,26,30). The smallest absolute Gasteiger partial charge is 0.242 e. The summed E-state index contributed by atoms with van der Waals surface area (Å²) in [7, 11) is 0. The Kier molecular flexibility index (Phi) is 6.18. The van der Waals surface area contributed by atoms with Gasteiger partial charge in [-0.15, -0.1) is 10.2 Å². The second-order valence-electron chi connectivity index (χ2n) is 7.46. The summed E-state index contributed by atoms with van der Waals surface area (Å²) in [6.45, 7) is 5.99. The lowest BCUT2D eigenvalue weighted by Crippen LogP contribution is -2.19. The highest BCUT2D eigenvalue weighted by Crippen LogP contribution is 2.36. The molecule has 0 radical (unpaired) electrons. The van der Waals surface area contributed by atoms with Gasteiger partial charge >= 0.3 is 0 Å². The monoisotopic (exact) mass is 428 g/mol. The van der Waals surface area contributed by atoms with E-state index < -0.39 is 5.25 Å². The van der Waals surface area contributed by atoms with Gasteiger partial charge in [0.05, 0.1) is 0 Å². The fourth-order valence-corrected chi connectivity index (χ4v) is 4.36. The van der Waals surface area contributed by atoms with Crippen LogP contribution in [0.1, 0.15) is 27.8 Å². The summed E-state index contributed by atoms with van der Waals surface area (Å²) < 4.78 is 1.99. The number of rotatable bonds is 6. The number of nitrogens with one attached hydrogen (secondary N) is 1. The molecular weight excluding hydrogens is 404 g/mol. The van der Waals surface area contributed by atoms with Crippen LogP contribution in [0.3, 0.4) is 0 Å². The van der Waals surface area contributed by atoms with Crippen LogP contribution in [0, 0.1) is 20.8 Å². The summed E-state index contributed by atoms with van der Waals surface area (Å²) in [6, 6.07) is 25.8. The van der Waals surface area contributed by atoms with E-state index >= 15 is 0 Å². The molecule has 0 aliphatic heterocycles. The topological polar surface area (TPSA) is 59.8 Å². The summed E-state index contributed by atoms with van der Waals surface area (Å²) in [6.07, 6.45) is 0. The van der Waals surface area contributed by atoms with Crippen LogP contribution in [0.25, 0.3) is 5.69 Å². The van der Waals surface area contributed by atoms with Crippen molar-refractivity contribution in [1.29, 1.82) is 0 Å². The number of nitrogens with zero attached hydrogens (tertiary/aromatic N) is 3. The largest absolute Gasteiger partial charge is 0.325 e. The molecule has 31 heavy (non-hydrogen) atoms. The molecule has 1 atom stereocenters. The molecule has 0 spiro atoms. The summed E-state index contributed by atoms with van der Waals surface area (Å²) in [5.74, 6) is 0.674. The average Bonchev–Trinajstić information content (AvgIpc) is 3.15. The van der Waals surface area contributed by atoms with Crippen molar-refractivity contribution in [3.05, 3.63) is 101 Å². The molecule has 3 aromatic carbocycles. The molecular formula is C25H24N4OS. The maximum absolute atomic E-state index is 13.3. The van der Waals surface area contributed by atoms with Gasteiger partial charge in [-0.2, -0.15) is 0 Å². The van der Waals surface area contributed by atoms with Crippen LogP contribution in [0.15, 0.2) is 84.0 Å². The SMILES string of the molecule is Cc1ccc(NC(=O)C(Sc2nnc(C)n2-c2ccc(C)cc2)c2ccccc2)cc1. The first-order valence-electron chi connectivity index (χ1n) is 10.1. The molecule has 0 fully saturated rings. The van der Waals surface area contributed by atoms with Gasteiger partial charge in [-0.25, -0.2) is 0 Å². The number of amides is 1. The van der Waals surface area contributed by atoms with E-state index in [1.54, 1.807) is 0 Å². The maximum atomic E-state index is 13.3. The van der Waals surface area contributed by atoms with Crippen molar-refractivity contribution in [2.45, 2.75) is 31.2 Å². The molecule has 156 valence electrons. The van der Waals surface area contributed by atoms with Gasteiger partial charge in [0, 0.05) is 11.4 Å². The minimum absolute atomic E-state index is 0.101. The summed E-state index contributed by atoms with van der Waals surface area (Å²) in [4.78, 5) is 13.3. The van der Waals surface area contributed by atoms with Crippen molar-refractivity contribution in [1.82, 2.24) is 14.8 Å². The molecule has 0 saturated carbocycles. The molecule has 1 heterocycles. The number of carbonyl (C=O) groups is 1. The van der Waals surface area contributed by atoms with Gasteiger partial charge in [0.25, 0.3) is 0 Å². The third-order valence-corrected chi connectivity index (χ3v) is 6.17. The minimum Gasteiger partial charge on any atom is -0.325 e. The number of carbonyl (C=O) groups excluding carboxylic acids is 1. The fraction of sp³-hybridized carbons (Fsp3) is 0.160. The second kappa shape index (κ2) is 9.18. The zero-order valence-electron chi connectivity index (χ0n) is 17.7. The molecule has 1 N–H and O–H groups in total. The van der Waals surface area contributed by atoms with Crippen molar-refractivity contribution in [3.63, 3.8) is 0 Å². The lowest BCUT2D eigenvalue weighted by molar-refractivity contribution is -0.115. The number of aryl methyl sites for hydroxylation is 3. The highest BCUT2D eigenvalue weighted by molar-refractivity contribution is 8.00. The molecule has 6 heteroatoms. The van der Waals surface area contributed by atoms with Crippen LogP contribution < -0.4 is 5.32 Å². The van der Waals surface area contributed by atoms with Crippen LogP contribution in [0.5, 0.6) is 0 Å². The Bertz CT molecular complexity index is 1170. The van der Waals surface area contributed by atoms with Gasteiger partial charge in [-0.1, -0.05) is 77.5 Å². The molecule has 1 amide bonds. The van der Waals surface area contributed by atoms with Gasteiger partial charge in [0.1, 0.15) is 11.1 Å². The number of hydrogen-bond acceptors (Lipinski definition) is 4. The third-order valence-electron chi connectivity index (χ3n) is 4.97. The van der Waals surface area contributed by atoms with Gasteiger partial charge in [0.15, 0.2) is 5.16 Å². The summed E-state index contributed by atoms with van der Waals surface area (Å²) in [5, 5.41) is 11.9. The fourth-order valence-electron chi connectivity index (χ4n) is 3.26. The van der Waals surface area contributed by atoms with Crippen molar-refractivity contribution in [2.24, 2.45) is 0 Å². The molecule has 0 aliphatic carbocycles. The van der Waals surface area contributed by atoms with Gasteiger partial charge in [-0.05, 0) is 50.6 Å². The molecule has 5 nitrogen and oxygen atoms in total. The Morgan fingerprint density at radius 2 is 1.45 bits per heavy atom. The molecule has 4 rings (SSSR count). The van der Waals surface area contributed by atoms with E-state index in [1.165, 1.54) is 17.3 Å². The predicted octanol–water partition coefficient (Wildman–Crippen LogP) is 5.66. The average molecular weight is 429 g/mol. The van der Waals surface area contributed by atoms with E-state index in [2.05, 4.69) is 34.6 Å². The Balaban J connectivity index is 1.67. The lowest BCUT2D eigenvalue weighted by Gasteiger charge is -2.17. The minimum atomic E-state index is -0.477. The van der Waals surface area contributed by atoms with E-state index in [1.807, 2.05) is 85.1 Å². The molecule has 0 saturated heterocycles. The first kappa shape index (κ1) is 20.9. The highest BCUT2D eigenvalue weighted by Gasteiger charge is 2.25. The number of benzene rings is 3. The maximum Gasteiger partial charge on any atom is 0.242 e. The zero-order chi connectivity index (χ0) is 21.8. The van der Waals surface area contributed by atoms with E-state index in [0.29, 0.717) is 5.16 Å². The highest BCUT2D eigenvalue weighted by atomic mass is 32.2. The summed E-state index contributed by atoms with van der Waals surface area (Å²) in [5.41, 5.74) is 4.99. The first-order valence-corrected chi connectivity index (χ1v) is 11.0. The Morgan fingerprint density at radius 1 is 0.839 bits per heavy atom. The van der Waals surface area contributed by atoms with Gasteiger partial charge < -0.3 is 5.32 Å². The number of thioether (sulfide) groups is 1. The number of anilines is 1. The number of hydrogen-bond donors (Lipinski definition) is 1. The van der Waals surface area contributed by atoms with Crippen LogP contribution in [-0.4, -0.2) is 20.7 Å². The van der Waals surface area contributed by atoms with Crippen LogP contribution in [-0.2, 0) is 4.79 Å². The first-order chi connectivity index (χ1) is 15.0. The van der Waals surface area contributed by atoms with Crippen molar-refractivity contribution in [2.75, 3.05) is 5.32 Å². The van der Waals surface area contributed by atoms with E-state index in [0.717, 1.165) is 28.3 Å². The molecule has 4 aromatic rings. The Hall–Kier alpha value is -3.38. The van der Waals surface area contributed by atoms with Crippen molar-refractivity contribution in [3.8, 4) is 5.69 Å². The Morgan fingerprint density at radius 3 is 2.10 bits per heavy atom. The van der Waals surface area contributed by atoms with E-state index in [4.69, 9.17) is 0 Å². The van der Waals surface area contributed by atoms with Crippen molar-refractivity contribution >= 4 is 23.4 Å².